The Hall–Kier alpha value is -0.460. The van der Waals surface area contributed by atoms with Gasteiger partial charge in [-0.1, -0.05) is 34.3 Å². The summed E-state index contributed by atoms with van der Waals surface area (Å²) in [5.41, 5.74) is 1.77. The molecular weight excluding hydrogens is 158 g/mol. The van der Waals surface area contributed by atoms with Crippen LogP contribution >= 0.6 is 0 Å². The molecular formula is C12H23N. The first-order chi connectivity index (χ1) is 5.86. The van der Waals surface area contributed by atoms with Crippen molar-refractivity contribution < 1.29 is 0 Å². The van der Waals surface area contributed by atoms with Gasteiger partial charge >= 0.3 is 0 Å². The van der Waals surface area contributed by atoms with Crippen molar-refractivity contribution in [2.24, 2.45) is 11.3 Å². The van der Waals surface area contributed by atoms with Crippen molar-refractivity contribution >= 4 is 0 Å². The molecule has 1 saturated carbocycles. The Balaban J connectivity index is 2.58. The highest BCUT2D eigenvalue weighted by Crippen LogP contribution is 2.44. The van der Waals surface area contributed by atoms with Crippen LogP contribution < -0.4 is 0 Å². The van der Waals surface area contributed by atoms with Crippen molar-refractivity contribution in [3.63, 3.8) is 0 Å². The summed E-state index contributed by atoms with van der Waals surface area (Å²) in [6.07, 6.45) is 2.68. The number of nitrogens with zero attached hydrogens (tertiary/aromatic N) is 1. The van der Waals surface area contributed by atoms with Crippen LogP contribution in [-0.4, -0.2) is 18.0 Å². The molecule has 0 aromatic carbocycles. The molecule has 1 heteroatoms. The highest BCUT2D eigenvalue weighted by molar-refractivity contribution is 5.05. The Morgan fingerprint density at radius 3 is 2.23 bits per heavy atom. The number of rotatable bonds is 3. The van der Waals surface area contributed by atoms with Crippen LogP contribution in [0.1, 0.15) is 40.5 Å². The second kappa shape index (κ2) is 3.36. The largest absolute Gasteiger partial charge is 0.375 e. The van der Waals surface area contributed by atoms with E-state index in [0.29, 0.717) is 17.4 Å². The fraction of sp³-hybridized carbons (Fsp3) is 0.833. The van der Waals surface area contributed by atoms with Gasteiger partial charge in [0.15, 0.2) is 0 Å². The van der Waals surface area contributed by atoms with Gasteiger partial charge in [0.05, 0.1) is 0 Å². The zero-order valence-corrected chi connectivity index (χ0v) is 9.72. The molecule has 0 aromatic rings. The SMILES string of the molecule is C=C(C(C)C)N(C)C1CCC1(C)C. The molecule has 13 heavy (non-hydrogen) atoms. The summed E-state index contributed by atoms with van der Waals surface area (Å²) in [7, 11) is 2.19. The predicted molar refractivity (Wildman–Crippen MR) is 58.5 cm³/mol. The summed E-state index contributed by atoms with van der Waals surface area (Å²) in [6, 6.07) is 0.711. The Bertz CT molecular complexity index is 203. The van der Waals surface area contributed by atoms with E-state index >= 15 is 0 Å². The number of hydrogen-bond acceptors (Lipinski definition) is 1. The van der Waals surface area contributed by atoms with E-state index in [2.05, 4.69) is 46.2 Å². The Kier molecular flexibility index (Phi) is 2.74. The van der Waals surface area contributed by atoms with Crippen LogP contribution in [0.4, 0.5) is 0 Å². The zero-order chi connectivity index (χ0) is 10.2. The first-order valence-electron chi connectivity index (χ1n) is 5.28. The first-order valence-corrected chi connectivity index (χ1v) is 5.28. The van der Waals surface area contributed by atoms with Gasteiger partial charge in [-0.2, -0.15) is 0 Å². The lowest BCUT2D eigenvalue weighted by Gasteiger charge is -2.51. The maximum absolute atomic E-state index is 4.15. The molecule has 0 amide bonds. The third kappa shape index (κ3) is 1.90. The molecule has 0 aromatic heterocycles. The monoisotopic (exact) mass is 181 g/mol. The summed E-state index contributed by atoms with van der Waals surface area (Å²) in [4.78, 5) is 2.38. The lowest BCUT2D eigenvalue weighted by atomic mass is 9.66. The van der Waals surface area contributed by atoms with Crippen molar-refractivity contribution in [3.05, 3.63) is 12.3 Å². The van der Waals surface area contributed by atoms with Gasteiger partial charge < -0.3 is 4.90 Å². The topological polar surface area (TPSA) is 3.24 Å². The molecule has 1 nitrogen and oxygen atoms in total. The minimum absolute atomic E-state index is 0.493. The van der Waals surface area contributed by atoms with Gasteiger partial charge in [-0.15, -0.1) is 0 Å². The molecule has 1 fully saturated rings. The number of hydrogen-bond donors (Lipinski definition) is 0. The molecule has 0 aliphatic heterocycles. The summed E-state index contributed by atoms with van der Waals surface area (Å²) in [6.45, 7) is 13.3. The van der Waals surface area contributed by atoms with Crippen molar-refractivity contribution in [2.75, 3.05) is 7.05 Å². The smallest absolute Gasteiger partial charge is 0.0334 e. The van der Waals surface area contributed by atoms with Gasteiger partial charge in [-0.3, -0.25) is 0 Å². The molecule has 1 atom stereocenters. The zero-order valence-electron chi connectivity index (χ0n) is 9.72. The van der Waals surface area contributed by atoms with Crippen LogP contribution in [0.15, 0.2) is 12.3 Å². The van der Waals surface area contributed by atoms with Crippen LogP contribution in [0.3, 0.4) is 0 Å². The molecule has 1 aliphatic rings. The van der Waals surface area contributed by atoms with Crippen LogP contribution in [-0.2, 0) is 0 Å². The summed E-state index contributed by atoms with van der Waals surface area (Å²) in [5.74, 6) is 0.571. The summed E-state index contributed by atoms with van der Waals surface area (Å²) in [5, 5.41) is 0. The van der Waals surface area contributed by atoms with Gasteiger partial charge in [-0.05, 0) is 24.2 Å². The maximum Gasteiger partial charge on any atom is 0.0334 e. The number of allylic oxidation sites excluding steroid dienone is 1. The molecule has 1 unspecified atom stereocenters. The second-order valence-corrected chi connectivity index (χ2v) is 5.30. The van der Waals surface area contributed by atoms with Crippen LogP contribution in [0.2, 0.25) is 0 Å². The minimum atomic E-state index is 0.493. The van der Waals surface area contributed by atoms with E-state index < -0.39 is 0 Å². The van der Waals surface area contributed by atoms with E-state index in [-0.39, 0.29) is 0 Å². The lowest BCUT2D eigenvalue weighted by molar-refractivity contribution is 0.0313. The van der Waals surface area contributed by atoms with Gasteiger partial charge in [0.1, 0.15) is 0 Å². The molecule has 76 valence electrons. The molecule has 0 spiro atoms. The van der Waals surface area contributed by atoms with Crippen molar-refractivity contribution in [1.82, 2.24) is 4.90 Å². The molecule has 0 heterocycles. The van der Waals surface area contributed by atoms with E-state index in [0.717, 1.165) is 0 Å². The molecule has 0 saturated heterocycles. The Morgan fingerprint density at radius 2 is 2.00 bits per heavy atom. The van der Waals surface area contributed by atoms with Crippen molar-refractivity contribution in [3.8, 4) is 0 Å². The average molecular weight is 181 g/mol. The van der Waals surface area contributed by atoms with E-state index in [9.17, 15) is 0 Å². The van der Waals surface area contributed by atoms with Gasteiger partial charge in [-0.25, -0.2) is 0 Å². The lowest BCUT2D eigenvalue weighted by Crippen LogP contribution is -2.50. The van der Waals surface area contributed by atoms with Gasteiger partial charge in [0, 0.05) is 18.8 Å². The highest BCUT2D eigenvalue weighted by atomic mass is 15.2. The third-order valence-corrected chi connectivity index (χ3v) is 3.55. The molecule has 0 bridgehead atoms. The van der Waals surface area contributed by atoms with E-state index in [1.165, 1.54) is 18.5 Å². The van der Waals surface area contributed by atoms with Crippen LogP contribution in [0, 0.1) is 11.3 Å². The third-order valence-electron chi connectivity index (χ3n) is 3.55. The van der Waals surface area contributed by atoms with E-state index in [1.54, 1.807) is 0 Å². The van der Waals surface area contributed by atoms with E-state index in [1.807, 2.05) is 0 Å². The second-order valence-electron chi connectivity index (χ2n) is 5.30. The fourth-order valence-electron chi connectivity index (χ4n) is 2.18. The average Bonchev–Trinajstić information content (AvgIpc) is 2.01. The Morgan fingerprint density at radius 1 is 1.46 bits per heavy atom. The van der Waals surface area contributed by atoms with Crippen LogP contribution in [0.25, 0.3) is 0 Å². The van der Waals surface area contributed by atoms with Crippen molar-refractivity contribution in [2.45, 2.75) is 46.6 Å². The molecule has 1 aliphatic carbocycles. The normalized spacial score (nSPS) is 25.5. The maximum atomic E-state index is 4.15. The highest BCUT2D eigenvalue weighted by Gasteiger charge is 2.41. The first kappa shape index (κ1) is 10.6. The molecule has 0 radical (unpaired) electrons. The fourth-order valence-corrected chi connectivity index (χ4v) is 2.18. The molecule has 1 rings (SSSR count). The van der Waals surface area contributed by atoms with Crippen molar-refractivity contribution in [1.29, 1.82) is 0 Å². The molecule has 0 N–H and O–H groups in total. The standard InChI is InChI=1S/C12H23N/c1-9(2)10(3)13(6)11-7-8-12(11,4)5/h9,11H,3,7-8H2,1-2,4-6H3. The van der Waals surface area contributed by atoms with E-state index in [4.69, 9.17) is 0 Å². The minimum Gasteiger partial charge on any atom is -0.375 e. The van der Waals surface area contributed by atoms with Crippen LogP contribution in [0.5, 0.6) is 0 Å². The summed E-state index contributed by atoms with van der Waals surface area (Å²) >= 11 is 0. The Labute approximate surface area is 82.8 Å². The van der Waals surface area contributed by atoms with Gasteiger partial charge in [0.25, 0.3) is 0 Å². The predicted octanol–water partition coefficient (Wildman–Crippen LogP) is 3.28. The quantitative estimate of drug-likeness (QED) is 0.646. The van der Waals surface area contributed by atoms with Gasteiger partial charge in [0.2, 0.25) is 0 Å². The summed E-state index contributed by atoms with van der Waals surface area (Å²) < 4.78 is 0.